The van der Waals surface area contributed by atoms with E-state index in [1.807, 2.05) is 7.05 Å². The van der Waals surface area contributed by atoms with Gasteiger partial charge in [-0.1, -0.05) is 0 Å². The van der Waals surface area contributed by atoms with Crippen molar-refractivity contribution in [3.63, 3.8) is 0 Å². The van der Waals surface area contributed by atoms with Crippen LogP contribution in [-0.4, -0.2) is 33.3 Å². The van der Waals surface area contributed by atoms with Gasteiger partial charge in [-0.05, 0) is 37.1 Å². The summed E-state index contributed by atoms with van der Waals surface area (Å²) in [5.41, 5.74) is 14.9. The van der Waals surface area contributed by atoms with Crippen molar-refractivity contribution in [1.82, 2.24) is 0 Å². The second-order valence-corrected chi connectivity index (χ2v) is 4.48. The van der Waals surface area contributed by atoms with Gasteiger partial charge < -0.3 is 21.1 Å². The highest BCUT2D eigenvalue weighted by Crippen LogP contribution is 2.30. The SMILES string of the molecule is COc1cc(C)c(C)cc1N(C)CC(N)CN. The van der Waals surface area contributed by atoms with Gasteiger partial charge in [-0.2, -0.15) is 0 Å². The van der Waals surface area contributed by atoms with E-state index in [0.29, 0.717) is 6.54 Å². The van der Waals surface area contributed by atoms with Crippen LogP contribution in [0.25, 0.3) is 0 Å². The number of ether oxygens (including phenoxy) is 1. The number of hydrogen-bond donors (Lipinski definition) is 2. The van der Waals surface area contributed by atoms with Crippen LogP contribution in [0.4, 0.5) is 5.69 Å². The van der Waals surface area contributed by atoms with Crippen LogP contribution in [0.1, 0.15) is 11.1 Å². The molecule has 0 aliphatic carbocycles. The zero-order valence-corrected chi connectivity index (χ0v) is 11.2. The van der Waals surface area contributed by atoms with Gasteiger partial charge in [0.2, 0.25) is 0 Å². The first-order chi connectivity index (χ1) is 7.99. The Kier molecular flexibility index (Phi) is 4.78. The molecule has 0 radical (unpaired) electrons. The van der Waals surface area contributed by atoms with E-state index in [-0.39, 0.29) is 6.04 Å². The Morgan fingerprint density at radius 1 is 1.29 bits per heavy atom. The maximum Gasteiger partial charge on any atom is 0.142 e. The maximum atomic E-state index is 5.86. The van der Waals surface area contributed by atoms with E-state index >= 15 is 0 Å². The van der Waals surface area contributed by atoms with E-state index in [2.05, 4.69) is 30.9 Å². The first-order valence-corrected chi connectivity index (χ1v) is 5.81. The molecule has 1 rings (SSSR count). The molecule has 4 nitrogen and oxygen atoms in total. The minimum absolute atomic E-state index is 0.0219. The molecule has 0 saturated carbocycles. The first kappa shape index (κ1) is 13.8. The number of anilines is 1. The molecule has 17 heavy (non-hydrogen) atoms. The Hall–Kier alpha value is -1.26. The average Bonchev–Trinajstić information content (AvgIpc) is 2.31. The quantitative estimate of drug-likeness (QED) is 0.803. The summed E-state index contributed by atoms with van der Waals surface area (Å²) in [6, 6.07) is 4.15. The molecule has 1 unspecified atom stereocenters. The number of benzene rings is 1. The van der Waals surface area contributed by atoms with Crippen LogP contribution >= 0.6 is 0 Å². The van der Waals surface area contributed by atoms with Crippen LogP contribution < -0.4 is 21.1 Å². The Labute approximate surface area is 104 Å². The lowest BCUT2D eigenvalue weighted by Gasteiger charge is -2.25. The Morgan fingerprint density at radius 2 is 1.88 bits per heavy atom. The standard InChI is InChI=1S/C13H23N3O/c1-9-5-12(13(17-4)6-10(9)2)16(3)8-11(15)7-14/h5-6,11H,7-8,14-15H2,1-4H3. The van der Waals surface area contributed by atoms with Crippen molar-refractivity contribution in [2.45, 2.75) is 19.9 Å². The van der Waals surface area contributed by atoms with Crippen LogP contribution in [0.3, 0.4) is 0 Å². The molecule has 4 heteroatoms. The lowest BCUT2D eigenvalue weighted by Crippen LogP contribution is -2.40. The zero-order chi connectivity index (χ0) is 13.0. The van der Waals surface area contributed by atoms with Crippen LogP contribution in [0, 0.1) is 13.8 Å². The molecule has 0 saturated heterocycles. The molecular formula is C13H23N3O. The summed E-state index contributed by atoms with van der Waals surface area (Å²) in [6.45, 7) is 5.37. The second kappa shape index (κ2) is 5.89. The van der Waals surface area contributed by atoms with E-state index in [4.69, 9.17) is 16.2 Å². The normalized spacial score (nSPS) is 12.4. The van der Waals surface area contributed by atoms with Crippen molar-refractivity contribution in [2.75, 3.05) is 32.1 Å². The van der Waals surface area contributed by atoms with Gasteiger partial charge in [-0.25, -0.2) is 0 Å². The number of hydrogen-bond acceptors (Lipinski definition) is 4. The number of rotatable bonds is 5. The van der Waals surface area contributed by atoms with Gasteiger partial charge in [0.25, 0.3) is 0 Å². The van der Waals surface area contributed by atoms with Crippen molar-refractivity contribution < 1.29 is 4.74 Å². The predicted molar refractivity (Wildman–Crippen MR) is 72.8 cm³/mol. The summed E-state index contributed by atoms with van der Waals surface area (Å²) in [5, 5.41) is 0. The van der Waals surface area contributed by atoms with Crippen molar-refractivity contribution in [2.24, 2.45) is 11.5 Å². The van der Waals surface area contributed by atoms with E-state index < -0.39 is 0 Å². The summed E-state index contributed by atoms with van der Waals surface area (Å²) in [6.07, 6.45) is 0. The number of nitrogens with two attached hydrogens (primary N) is 2. The van der Waals surface area contributed by atoms with Gasteiger partial charge in [0.15, 0.2) is 0 Å². The molecule has 1 aromatic carbocycles. The molecule has 96 valence electrons. The third-order valence-electron chi connectivity index (χ3n) is 3.02. The Bertz CT molecular complexity index is 379. The van der Waals surface area contributed by atoms with E-state index in [1.165, 1.54) is 11.1 Å². The molecular weight excluding hydrogens is 214 g/mol. The molecule has 0 aliphatic rings. The van der Waals surface area contributed by atoms with E-state index in [0.717, 1.165) is 18.0 Å². The third kappa shape index (κ3) is 3.35. The molecule has 0 aliphatic heterocycles. The monoisotopic (exact) mass is 237 g/mol. The molecule has 1 aromatic rings. The van der Waals surface area contributed by atoms with Gasteiger partial charge in [0.05, 0.1) is 12.8 Å². The molecule has 0 heterocycles. The predicted octanol–water partition coefficient (Wildman–Crippen LogP) is 1.03. The van der Waals surface area contributed by atoms with Crippen molar-refractivity contribution in [3.05, 3.63) is 23.3 Å². The average molecular weight is 237 g/mol. The fourth-order valence-electron chi connectivity index (χ4n) is 1.76. The Balaban J connectivity index is 2.99. The molecule has 0 bridgehead atoms. The molecule has 4 N–H and O–H groups in total. The molecule has 0 aromatic heterocycles. The summed E-state index contributed by atoms with van der Waals surface area (Å²) in [5.74, 6) is 0.875. The topological polar surface area (TPSA) is 64.5 Å². The van der Waals surface area contributed by atoms with Crippen LogP contribution in [-0.2, 0) is 0 Å². The first-order valence-electron chi connectivity index (χ1n) is 5.81. The minimum Gasteiger partial charge on any atom is -0.495 e. The maximum absolute atomic E-state index is 5.86. The largest absolute Gasteiger partial charge is 0.495 e. The van der Waals surface area contributed by atoms with Gasteiger partial charge in [-0.15, -0.1) is 0 Å². The Morgan fingerprint density at radius 3 is 2.41 bits per heavy atom. The summed E-state index contributed by atoms with van der Waals surface area (Å²) in [4.78, 5) is 2.09. The molecule has 1 atom stereocenters. The van der Waals surface area contributed by atoms with Crippen molar-refractivity contribution >= 4 is 5.69 Å². The van der Waals surface area contributed by atoms with Gasteiger partial charge >= 0.3 is 0 Å². The number of nitrogens with zero attached hydrogens (tertiary/aromatic N) is 1. The van der Waals surface area contributed by atoms with E-state index in [9.17, 15) is 0 Å². The van der Waals surface area contributed by atoms with Gasteiger partial charge in [-0.3, -0.25) is 0 Å². The fourth-order valence-corrected chi connectivity index (χ4v) is 1.76. The van der Waals surface area contributed by atoms with Crippen LogP contribution in [0.5, 0.6) is 5.75 Å². The second-order valence-electron chi connectivity index (χ2n) is 4.48. The van der Waals surface area contributed by atoms with Crippen molar-refractivity contribution in [1.29, 1.82) is 0 Å². The summed E-state index contributed by atoms with van der Waals surface area (Å²) >= 11 is 0. The molecule has 0 fully saturated rings. The highest BCUT2D eigenvalue weighted by molar-refractivity contribution is 5.61. The zero-order valence-electron chi connectivity index (χ0n) is 11.2. The van der Waals surface area contributed by atoms with Crippen molar-refractivity contribution in [3.8, 4) is 5.75 Å². The number of methoxy groups -OCH3 is 1. The van der Waals surface area contributed by atoms with Crippen LogP contribution in [0.15, 0.2) is 12.1 Å². The molecule has 0 spiro atoms. The van der Waals surface area contributed by atoms with Gasteiger partial charge in [0, 0.05) is 26.2 Å². The summed E-state index contributed by atoms with van der Waals surface area (Å²) < 4.78 is 5.40. The van der Waals surface area contributed by atoms with Gasteiger partial charge in [0.1, 0.15) is 5.75 Å². The van der Waals surface area contributed by atoms with E-state index in [1.54, 1.807) is 7.11 Å². The third-order valence-corrected chi connectivity index (χ3v) is 3.02. The highest BCUT2D eigenvalue weighted by Gasteiger charge is 2.12. The molecule has 0 amide bonds. The number of likely N-dealkylation sites (N-methyl/N-ethyl adjacent to an activating group) is 1. The minimum atomic E-state index is -0.0219. The smallest absolute Gasteiger partial charge is 0.142 e. The lowest BCUT2D eigenvalue weighted by molar-refractivity contribution is 0.414. The fraction of sp³-hybridized carbons (Fsp3) is 0.538. The number of aryl methyl sites for hydroxylation is 2. The highest BCUT2D eigenvalue weighted by atomic mass is 16.5. The lowest BCUT2D eigenvalue weighted by atomic mass is 10.1. The van der Waals surface area contributed by atoms with Crippen LogP contribution in [0.2, 0.25) is 0 Å². The summed E-state index contributed by atoms with van der Waals surface area (Å²) in [7, 11) is 3.69.